The Morgan fingerprint density at radius 3 is 1.28 bits per heavy atom. The minimum absolute atomic E-state index is 0. The molecule has 50 heavy (non-hydrogen) atoms. The van der Waals surface area contributed by atoms with Gasteiger partial charge < -0.3 is 24.8 Å². The van der Waals surface area contributed by atoms with Crippen LogP contribution in [-0.4, -0.2) is 8.07 Å². The van der Waals surface area contributed by atoms with Gasteiger partial charge in [-0.15, -0.1) is 0 Å². The van der Waals surface area contributed by atoms with E-state index in [0.29, 0.717) is 19.1 Å². The zero-order valence-electron chi connectivity index (χ0n) is 31.4. The van der Waals surface area contributed by atoms with E-state index in [4.69, 9.17) is 0 Å². The number of hydrogen-bond donors (Lipinski definition) is 0. The summed E-state index contributed by atoms with van der Waals surface area (Å²) >= 11 is -0.973. The molecule has 4 aromatic carbocycles. The average Bonchev–Trinajstić information content (AvgIpc) is 3.60. The van der Waals surface area contributed by atoms with Crippen LogP contribution in [0.2, 0.25) is 13.1 Å². The van der Waals surface area contributed by atoms with Gasteiger partial charge in [0.2, 0.25) is 0 Å². The van der Waals surface area contributed by atoms with Gasteiger partial charge in [-0.3, -0.25) is 0 Å². The largest absolute Gasteiger partial charge is 1.00 e. The summed E-state index contributed by atoms with van der Waals surface area (Å²) in [6.07, 6.45) is 7.69. The Morgan fingerprint density at radius 1 is 0.560 bits per heavy atom. The summed E-state index contributed by atoms with van der Waals surface area (Å²) in [5.74, 6) is 1.10. The maximum Gasteiger partial charge on any atom is -1.00 e. The number of halogens is 2. The Kier molecular flexibility index (Phi) is 12.5. The number of unbranched alkanes of at least 4 members (excludes halogenated alkanes) is 2. The van der Waals surface area contributed by atoms with Crippen molar-refractivity contribution in [3.8, 4) is 22.3 Å². The van der Waals surface area contributed by atoms with Crippen molar-refractivity contribution >= 4 is 18.5 Å². The molecule has 2 aliphatic carbocycles. The average molecular weight is 797 g/mol. The van der Waals surface area contributed by atoms with Crippen molar-refractivity contribution < 1.29 is 48.0 Å². The molecule has 2 unspecified atom stereocenters. The van der Waals surface area contributed by atoms with Gasteiger partial charge in [-0.2, -0.15) is 0 Å². The van der Waals surface area contributed by atoms with E-state index in [0.717, 1.165) is 0 Å². The monoisotopic (exact) mass is 794 g/mol. The fourth-order valence-electron chi connectivity index (χ4n) is 9.11. The maximum atomic E-state index is 2.75. The van der Waals surface area contributed by atoms with Crippen LogP contribution in [0.3, 0.4) is 0 Å². The first-order valence-corrected chi connectivity index (χ1v) is 24.7. The van der Waals surface area contributed by atoms with Gasteiger partial charge in [0.25, 0.3) is 0 Å². The third-order valence-electron chi connectivity index (χ3n) is 11.6. The van der Waals surface area contributed by atoms with Gasteiger partial charge in [0.15, 0.2) is 0 Å². The molecule has 0 fully saturated rings. The predicted octanol–water partition coefficient (Wildman–Crippen LogP) is 7.86. The molecule has 0 amide bonds. The Hall–Kier alpha value is -1.96. The Bertz CT molecular complexity index is 1760. The van der Waals surface area contributed by atoms with Gasteiger partial charge in [-0.05, 0) is 0 Å². The van der Waals surface area contributed by atoms with Crippen molar-refractivity contribution in [1.82, 2.24) is 0 Å². The smallest absolute Gasteiger partial charge is 1.00 e. The second kappa shape index (κ2) is 16.0. The minimum atomic E-state index is -2.18. The summed E-state index contributed by atoms with van der Waals surface area (Å²) in [5, 5.41) is 3.64. The van der Waals surface area contributed by atoms with E-state index in [1.807, 2.05) is 21.5 Å². The zero-order chi connectivity index (χ0) is 33.7. The summed E-state index contributed by atoms with van der Waals surface area (Å²) in [6.45, 7) is 19.5. The summed E-state index contributed by atoms with van der Waals surface area (Å²) in [5.41, 5.74) is 19.1. The van der Waals surface area contributed by atoms with Crippen LogP contribution in [0.4, 0.5) is 0 Å². The Labute approximate surface area is 328 Å². The van der Waals surface area contributed by atoms with Gasteiger partial charge in [0.05, 0.1) is 0 Å². The van der Waals surface area contributed by atoms with Crippen molar-refractivity contribution in [1.29, 1.82) is 0 Å². The number of fused-ring (bicyclic) bond motifs is 8. The molecule has 0 nitrogen and oxygen atoms in total. The molecule has 3 aliphatic rings. The number of benzene rings is 4. The molecule has 2 atom stereocenters. The van der Waals surface area contributed by atoms with E-state index in [1.54, 1.807) is 22.3 Å². The van der Waals surface area contributed by atoms with Crippen LogP contribution >= 0.6 is 0 Å². The van der Waals surface area contributed by atoms with E-state index in [2.05, 4.69) is 140 Å². The second-order valence-electron chi connectivity index (χ2n) is 15.8. The molecule has 0 radical (unpaired) electrons. The van der Waals surface area contributed by atoms with Gasteiger partial charge in [-0.1, -0.05) is 0 Å². The normalized spacial score (nSPS) is 18.1. The summed E-state index contributed by atoms with van der Waals surface area (Å²) in [6, 6.07) is 34.0. The molecule has 0 saturated carbocycles. The number of allylic oxidation sites excluding steroid dienone is 2. The van der Waals surface area contributed by atoms with Gasteiger partial charge >= 0.3 is 306 Å². The second-order valence-corrected chi connectivity index (χ2v) is 23.7. The van der Waals surface area contributed by atoms with E-state index in [9.17, 15) is 0 Å². The van der Waals surface area contributed by atoms with E-state index >= 15 is 0 Å². The van der Waals surface area contributed by atoms with Crippen LogP contribution in [0.5, 0.6) is 0 Å². The first-order chi connectivity index (χ1) is 23.2. The van der Waals surface area contributed by atoms with Crippen LogP contribution in [0.15, 0.2) is 96.1 Å². The molecular formula is C46H54Cl2SiZr. The molecule has 0 aromatic heterocycles. The molecule has 0 N–H and O–H groups in total. The van der Waals surface area contributed by atoms with Crippen LogP contribution in [-0.2, 0) is 23.2 Å². The van der Waals surface area contributed by atoms with Crippen LogP contribution in [0.25, 0.3) is 32.6 Å². The van der Waals surface area contributed by atoms with Crippen molar-refractivity contribution in [2.45, 2.75) is 112 Å². The molecule has 4 aromatic rings. The van der Waals surface area contributed by atoms with Crippen LogP contribution in [0.1, 0.15) is 133 Å². The van der Waals surface area contributed by atoms with E-state index in [-0.39, 0.29) is 24.8 Å². The molecule has 1 heterocycles. The SMILES string of the molecule is CCCCC1=C2c3c(-c4ccc(C(C)C)cc4)cccc3[CH]1[Zr+2][CH]1C(CCCC)=C(c3c(-c4ccc(C(C)C)cc4)cccc31)[Si]2(C)C.[Cl-].[Cl-]. The topological polar surface area (TPSA) is 0 Å². The number of rotatable bonds is 10. The van der Waals surface area contributed by atoms with Crippen LogP contribution in [0, 0.1) is 0 Å². The standard InChI is InChI=1S/C46H54Si.2ClH.Zr/c1-9-11-15-39-29-37-17-13-19-41(35-25-21-33(22-26-35)31(3)4)43(37)45(39)47(7,8)46-40(16-12-10-2)30-38-18-14-20-42(44(38)46)36-27-23-34(24-28-36)32(5)6;;;/h13-14,17-32H,9-12,15-16H2,1-8H3;2*1H;/q;;;+2/p-2. The van der Waals surface area contributed by atoms with Crippen molar-refractivity contribution in [3.63, 3.8) is 0 Å². The summed E-state index contributed by atoms with van der Waals surface area (Å²) in [4.78, 5) is 0. The molecule has 260 valence electrons. The molecule has 7 rings (SSSR count). The van der Waals surface area contributed by atoms with Gasteiger partial charge in [0, 0.05) is 0 Å². The van der Waals surface area contributed by atoms with E-state index < -0.39 is 31.3 Å². The van der Waals surface area contributed by atoms with Crippen molar-refractivity contribution in [2.24, 2.45) is 0 Å². The van der Waals surface area contributed by atoms with Crippen LogP contribution < -0.4 is 24.8 Å². The fraction of sp³-hybridized carbons (Fsp3) is 0.391. The zero-order valence-corrected chi connectivity index (χ0v) is 36.4. The molecular weight excluding hydrogens is 743 g/mol. The minimum Gasteiger partial charge on any atom is -1.00 e. The molecule has 4 bridgehead atoms. The Morgan fingerprint density at radius 2 is 0.940 bits per heavy atom. The van der Waals surface area contributed by atoms with Gasteiger partial charge in [0.1, 0.15) is 0 Å². The molecule has 1 aliphatic heterocycles. The first-order valence-electron chi connectivity index (χ1n) is 18.9. The number of hydrogen-bond acceptors (Lipinski definition) is 0. The fourth-order valence-corrected chi connectivity index (χ4v) is 19.3. The van der Waals surface area contributed by atoms with Gasteiger partial charge in [-0.25, -0.2) is 0 Å². The third-order valence-corrected chi connectivity index (χ3v) is 20.1. The third kappa shape index (κ3) is 6.70. The maximum absolute atomic E-state index is 2.75. The predicted molar refractivity (Wildman–Crippen MR) is 208 cm³/mol. The van der Waals surface area contributed by atoms with Crippen molar-refractivity contribution in [3.05, 3.63) is 129 Å². The quantitative estimate of drug-likeness (QED) is 0.144. The summed E-state index contributed by atoms with van der Waals surface area (Å²) in [7, 11) is -2.18. The van der Waals surface area contributed by atoms with Crippen molar-refractivity contribution in [2.75, 3.05) is 0 Å². The molecule has 4 heteroatoms. The Balaban J connectivity index is 0.00000243. The first kappa shape index (κ1) is 39.3. The van der Waals surface area contributed by atoms with E-state index in [1.165, 1.54) is 71.9 Å². The molecule has 0 saturated heterocycles. The molecule has 0 spiro atoms. The summed E-state index contributed by atoms with van der Waals surface area (Å²) < 4.78 is 1.35.